The third-order valence-electron chi connectivity index (χ3n) is 3.96. The molecule has 3 heteroatoms. The van der Waals surface area contributed by atoms with Gasteiger partial charge in [0.25, 0.3) is 0 Å². The van der Waals surface area contributed by atoms with E-state index < -0.39 is 0 Å². The van der Waals surface area contributed by atoms with Crippen molar-refractivity contribution in [2.24, 2.45) is 5.92 Å². The summed E-state index contributed by atoms with van der Waals surface area (Å²) in [6.45, 7) is 4.93. The van der Waals surface area contributed by atoms with Crippen LogP contribution in [0.2, 0.25) is 5.02 Å². The molecule has 106 valence electrons. The van der Waals surface area contributed by atoms with Crippen molar-refractivity contribution < 1.29 is 0 Å². The third kappa shape index (κ3) is 5.13. The fraction of sp³-hybridized carbons (Fsp3) is 0.625. The Hall–Kier alpha value is -0.570. The van der Waals surface area contributed by atoms with Gasteiger partial charge in [-0.1, -0.05) is 23.7 Å². The van der Waals surface area contributed by atoms with Gasteiger partial charge in [-0.15, -0.1) is 0 Å². The molecule has 1 saturated heterocycles. The molecular weight excluding hydrogens is 256 g/mol. The van der Waals surface area contributed by atoms with Gasteiger partial charge in [0, 0.05) is 18.1 Å². The SMILES string of the molecule is CN(C)CC1CCN(CCc2ccc(Cl)cc2)CC1. The van der Waals surface area contributed by atoms with E-state index in [1.807, 2.05) is 12.1 Å². The van der Waals surface area contributed by atoms with Crippen LogP contribution in [0.5, 0.6) is 0 Å². The fourth-order valence-electron chi connectivity index (χ4n) is 2.85. The highest BCUT2D eigenvalue weighted by atomic mass is 35.5. The van der Waals surface area contributed by atoms with Gasteiger partial charge in [0.1, 0.15) is 0 Å². The van der Waals surface area contributed by atoms with E-state index in [4.69, 9.17) is 11.6 Å². The Kier molecular flexibility index (Phi) is 5.68. The number of rotatable bonds is 5. The van der Waals surface area contributed by atoms with E-state index in [1.165, 1.54) is 44.6 Å². The van der Waals surface area contributed by atoms with Crippen molar-refractivity contribution >= 4 is 11.6 Å². The molecular formula is C16H25ClN2. The van der Waals surface area contributed by atoms with Gasteiger partial charge in [0.15, 0.2) is 0 Å². The summed E-state index contributed by atoms with van der Waals surface area (Å²) in [7, 11) is 4.35. The van der Waals surface area contributed by atoms with Crippen molar-refractivity contribution in [1.29, 1.82) is 0 Å². The lowest BCUT2D eigenvalue weighted by Gasteiger charge is -2.33. The monoisotopic (exact) mass is 280 g/mol. The molecule has 0 atom stereocenters. The van der Waals surface area contributed by atoms with Gasteiger partial charge in [-0.25, -0.2) is 0 Å². The van der Waals surface area contributed by atoms with Gasteiger partial charge in [0.2, 0.25) is 0 Å². The van der Waals surface area contributed by atoms with Crippen LogP contribution >= 0.6 is 11.6 Å². The Morgan fingerprint density at radius 3 is 2.37 bits per heavy atom. The zero-order chi connectivity index (χ0) is 13.7. The summed E-state index contributed by atoms with van der Waals surface area (Å²) < 4.78 is 0. The fourth-order valence-corrected chi connectivity index (χ4v) is 2.97. The lowest BCUT2D eigenvalue weighted by Crippen LogP contribution is -2.38. The van der Waals surface area contributed by atoms with E-state index in [0.29, 0.717) is 0 Å². The zero-order valence-corrected chi connectivity index (χ0v) is 12.9. The molecule has 19 heavy (non-hydrogen) atoms. The Balaban J connectivity index is 1.69. The van der Waals surface area contributed by atoms with Crippen LogP contribution in [0.3, 0.4) is 0 Å². The van der Waals surface area contributed by atoms with Crippen molar-refractivity contribution in [2.75, 3.05) is 40.3 Å². The van der Waals surface area contributed by atoms with Crippen LogP contribution in [0.25, 0.3) is 0 Å². The lowest BCUT2D eigenvalue weighted by molar-refractivity contribution is 0.164. The molecule has 0 amide bonds. The number of hydrogen-bond donors (Lipinski definition) is 0. The third-order valence-corrected chi connectivity index (χ3v) is 4.21. The average molecular weight is 281 g/mol. The minimum atomic E-state index is 0.827. The summed E-state index contributed by atoms with van der Waals surface area (Å²) in [5, 5.41) is 0.827. The van der Waals surface area contributed by atoms with Gasteiger partial charge in [-0.3, -0.25) is 0 Å². The van der Waals surface area contributed by atoms with Crippen LogP contribution in [0.15, 0.2) is 24.3 Å². The molecule has 0 aliphatic carbocycles. The lowest BCUT2D eigenvalue weighted by atomic mass is 9.96. The largest absolute Gasteiger partial charge is 0.309 e. The summed E-state index contributed by atoms with van der Waals surface area (Å²) in [5.74, 6) is 0.891. The molecule has 0 saturated carbocycles. The van der Waals surface area contributed by atoms with E-state index in [9.17, 15) is 0 Å². The highest BCUT2D eigenvalue weighted by Crippen LogP contribution is 2.18. The average Bonchev–Trinajstić information content (AvgIpc) is 2.39. The molecule has 0 aromatic heterocycles. The smallest absolute Gasteiger partial charge is 0.0406 e. The molecule has 0 unspecified atom stereocenters. The quantitative estimate of drug-likeness (QED) is 0.818. The molecule has 0 radical (unpaired) electrons. The zero-order valence-electron chi connectivity index (χ0n) is 12.1. The molecule has 2 rings (SSSR count). The minimum Gasteiger partial charge on any atom is -0.309 e. The maximum absolute atomic E-state index is 5.90. The Morgan fingerprint density at radius 1 is 1.16 bits per heavy atom. The minimum absolute atomic E-state index is 0.827. The summed E-state index contributed by atoms with van der Waals surface area (Å²) in [4.78, 5) is 4.91. The van der Waals surface area contributed by atoms with Crippen molar-refractivity contribution in [3.8, 4) is 0 Å². The number of hydrogen-bond acceptors (Lipinski definition) is 2. The number of likely N-dealkylation sites (tertiary alicyclic amines) is 1. The van der Waals surface area contributed by atoms with Crippen LogP contribution < -0.4 is 0 Å². The van der Waals surface area contributed by atoms with Crippen LogP contribution in [0.1, 0.15) is 18.4 Å². The van der Waals surface area contributed by atoms with Gasteiger partial charge in [-0.05, 0) is 70.1 Å². The first-order chi connectivity index (χ1) is 9.13. The predicted octanol–water partition coefficient (Wildman–Crippen LogP) is 3.16. The molecule has 0 spiro atoms. The van der Waals surface area contributed by atoms with Crippen molar-refractivity contribution in [1.82, 2.24) is 9.80 Å². The Labute approximate surface area is 122 Å². The first-order valence-electron chi connectivity index (χ1n) is 7.25. The molecule has 1 aromatic rings. The van der Waals surface area contributed by atoms with Gasteiger partial charge in [0.05, 0.1) is 0 Å². The van der Waals surface area contributed by atoms with E-state index in [0.717, 1.165) is 17.4 Å². The van der Waals surface area contributed by atoms with Crippen LogP contribution in [-0.2, 0) is 6.42 Å². The maximum Gasteiger partial charge on any atom is 0.0406 e. The second-order valence-electron chi connectivity index (χ2n) is 5.92. The van der Waals surface area contributed by atoms with E-state index in [2.05, 4.69) is 36.0 Å². The molecule has 2 nitrogen and oxygen atoms in total. The second-order valence-corrected chi connectivity index (χ2v) is 6.36. The summed E-state index contributed by atoms with van der Waals surface area (Å²) in [6.07, 6.45) is 3.83. The summed E-state index contributed by atoms with van der Waals surface area (Å²) in [5.41, 5.74) is 1.39. The van der Waals surface area contributed by atoms with Crippen molar-refractivity contribution in [3.63, 3.8) is 0 Å². The first-order valence-corrected chi connectivity index (χ1v) is 7.63. The van der Waals surface area contributed by atoms with Gasteiger partial charge >= 0.3 is 0 Å². The standard InChI is InChI=1S/C16H25ClN2/c1-18(2)13-15-8-11-19(12-9-15)10-7-14-3-5-16(17)6-4-14/h3-6,15H,7-13H2,1-2H3. The maximum atomic E-state index is 5.90. The van der Waals surface area contributed by atoms with Crippen molar-refractivity contribution in [3.05, 3.63) is 34.9 Å². The topological polar surface area (TPSA) is 6.48 Å². The molecule has 1 aromatic carbocycles. The molecule has 1 aliphatic rings. The Morgan fingerprint density at radius 2 is 1.79 bits per heavy atom. The van der Waals surface area contributed by atoms with Crippen LogP contribution in [0.4, 0.5) is 0 Å². The predicted molar refractivity (Wildman–Crippen MR) is 82.9 cm³/mol. The Bertz CT molecular complexity index is 367. The number of piperidine rings is 1. The van der Waals surface area contributed by atoms with Crippen molar-refractivity contribution in [2.45, 2.75) is 19.3 Å². The number of halogens is 1. The molecule has 1 heterocycles. The van der Waals surface area contributed by atoms with E-state index in [1.54, 1.807) is 0 Å². The molecule has 1 aliphatic heterocycles. The van der Waals surface area contributed by atoms with Crippen LogP contribution in [0, 0.1) is 5.92 Å². The van der Waals surface area contributed by atoms with E-state index >= 15 is 0 Å². The first kappa shape index (κ1) is 14.8. The summed E-state index contributed by atoms with van der Waals surface area (Å²) in [6, 6.07) is 8.25. The second kappa shape index (κ2) is 7.28. The van der Waals surface area contributed by atoms with Crippen LogP contribution in [-0.4, -0.2) is 50.1 Å². The normalized spacial score (nSPS) is 18.1. The van der Waals surface area contributed by atoms with Gasteiger partial charge in [-0.2, -0.15) is 0 Å². The molecule has 1 fully saturated rings. The number of benzene rings is 1. The highest BCUT2D eigenvalue weighted by Gasteiger charge is 2.19. The highest BCUT2D eigenvalue weighted by molar-refractivity contribution is 6.30. The van der Waals surface area contributed by atoms with Gasteiger partial charge < -0.3 is 9.80 Å². The molecule has 0 bridgehead atoms. The summed E-state index contributed by atoms with van der Waals surface area (Å²) >= 11 is 5.90. The number of nitrogens with zero attached hydrogens (tertiary/aromatic N) is 2. The molecule has 0 N–H and O–H groups in total. The van der Waals surface area contributed by atoms with E-state index in [-0.39, 0.29) is 0 Å².